The lowest BCUT2D eigenvalue weighted by molar-refractivity contribution is -0.123. The summed E-state index contributed by atoms with van der Waals surface area (Å²) in [5, 5.41) is 4.13. The Kier molecular flexibility index (Phi) is 7.95. The van der Waals surface area contributed by atoms with Crippen LogP contribution < -0.4 is 15.4 Å². The van der Waals surface area contributed by atoms with Crippen molar-refractivity contribution in [1.29, 1.82) is 0 Å². The van der Waals surface area contributed by atoms with Gasteiger partial charge in [-0.25, -0.2) is 14.0 Å². The summed E-state index contributed by atoms with van der Waals surface area (Å²) >= 11 is 0. The number of hydrogen-bond donors (Lipinski definition) is 2. The Hall–Kier alpha value is -3.42. The van der Waals surface area contributed by atoms with Crippen molar-refractivity contribution in [1.82, 2.24) is 5.32 Å². The summed E-state index contributed by atoms with van der Waals surface area (Å²) in [7, 11) is 0. The lowest BCUT2D eigenvalue weighted by Crippen LogP contribution is -2.37. The Morgan fingerprint density at radius 1 is 1.04 bits per heavy atom. The molecule has 0 aliphatic carbocycles. The van der Waals surface area contributed by atoms with Gasteiger partial charge in [-0.15, -0.1) is 0 Å². The Balaban J connectivity index is 1.76. The highest BCUT2D eigenvalue weighted by Gasteiger charge is 2.13. The lowest BCUT2D eigenvalue weighted by Gasteiger charge is -2.09. The van der Waals surface area contributed by atoms with Crippen molar-refractivity contribution in [2.45, 2.75) is 19.8 Å². The van der Waals surface area contributed by atoms with E-state index in [4.69, 9.17) is 9.47 Å². The smallest absolute Gasteiger partial charge is 0.338 e. The summed E-state index contributed by atoms with van der Waals surface area (Å²) in [6, 6.07) is 10.9. The molecular formula is C20H21FN2O5. The maximum Gasteiger partial charge on any atom is 0.338 e. The van der Waals surface area contributed by atoms with Crippen molar-refractivity contribution in [3.63, 3.8) is 0 Å². The monoisotopic (exact) mass is 388 g/mol. The van der Waals surface area contributed by atoms with E-state index < -0.39 is 30.3 Å². The van der Waals surface area contributed by atoms with Crippen molar-refractivity contribution in [3.05, 3.63) is 59.9 Å². The summed E-state index contributed by atoms with van der Waals surface area (Å²) in [5.74, 6) is -1.57. The number of hydrogen-bond acceptors (Lipinski definition) is 5. The number of halogens is 1. The van der Waals surface area contributed by atoms with E-state index in [0.717, 1.165) is 12.8 Å². The maximum atomic E-state index is 13.4. The van der Waals surface area contributed by atoms with Gasteiger partial charge in [0.05, 0.1) is 17.9 Å². The van der Waals surface area contributed by atoms with E-state index >= 15 is 0 Å². The molecular weight excluding hydrogens is 367 g/mol. The fourth-order valence-electron chi connectivity index (χ4n) is 2.11. The van der Waals surface area contributed by atoms with Crippen molar-refractivity contribution in [2.75, 3.05) is 18.5 Å². The van der Waals surface area contributed by atoms with Crippen LogP contribution in [0, 0.1) is 5.82 Å². The number of unbranched alkanes of at least 4 members (excludes halogenated alkanes) is 1. The van der Waals surface area contributed by atoms with Crippen molar-refractivity contribution < 1.29 is 28.2 Å². The number of ether oxygens (including phenoxy) is 2. The SMILES string of the molecule is CCCCOc1ccc(C(=O)OCC(=O)NC(=O)Nc2ccccc2F)cc1. The Labute approximate surface area is 161 Å². The highest BCUT2D eigenvalue weighted by molar-refractivity contribution is 6.02. The van der Waals surface area contributed by atoms with Gasteiger partial charge >= 0.3 is 12.0 Å². The molecule has 28 heavy (non-hydrogen) atoms. The lowest BCUT2D eigenvalue weighted by atomic mass is 10.2. The fraction of sp³-hybridized carbons (Fsp3) is 0.250. The van der Waals surface area contributed by atoms with Gasteiger partial charge in [-0.2, -0.15) is 0 Å². The number of carbonyl (C=O) groups is 3. The zero-order chi connectivity index (χ0) is 20.4. The molecule has 2 rings (SSSR count). The van der Waals surface area contributed by atoms with Crippen LogP contribution in [0.15, 0.2) is 48.5 Å². The van der Waals surface area contributed by atoms with E-state index in [1.807, 2.05) is 5.32 Å². The first-order valence-corrected chi connectivity index (χ1v) is 8.75. The highest BCUT2D eigenvalue weighted by atomic mass is 19.1. The van der Waals surface area contributed by atoms with Gasteiger partial charge in [-0.3, -0.25) is 10.1 Å². The first-order valence-electron chi connectivity index (χ1n) is 8.75. The zero-order valence-electron chi connectivity index (χ0n) is 15.4. The number of esters is 1. The molecule has 2 aromatic carbocycles. The second kappa shape index (κ2) is 10.7. The third-order valence-corrected chi connectivity index (χ3v) is 3.57. The number of urea groups is 1. The molecule has 0 heterocycles. The normalized spacial score (nSPS) is 10.1. The van der Waals surface area contributed by atoms with Crippen molar-refractivity contribution in [3.8, 4) is 5.75 Å². The first-order chi connectivity index (χ1) is 13.5. The number of rotatable bonds is 8. The third-order valence-electron chi connectivity index (χ3n) is 3.57. The van der Waals surface area contributed by atoms with Gasteiger partial charge in [-0.05, 0) is 42.8 Å². The molecule has 0 aromatic heterocycles. The van der Waals surface area contributed by atoms with Gasteiger partial charge in [0.2, 0.25) is 0 Å². The largest absolute Gasteiger partial charge is 0.494 e. The molecule has 148 valence electrons. The summed E-state index contributed by atoms with van der Waals surface area (Å²) in [6.07, 6.45) is 1.95. The van der Waals surface area contributed by atoms with Crippen LogP contribution in [0.3, 0.4) is 0 Å². The zero-order valence-corrected chi connectivity index (χ0v) is 15.4. The molecule has 0 saturated heterocycles. The van der Waals surface area contributed by atoms with Gasteiger partial charge in [0.1, 0.15) is 11.6 Å². The van der Waals surface area contributed by atoms with Crippen LogP contribution in [0.4, 0.5) is 14.9 Å². The molecule has 2 aromatic rings. The summed E-state index contributed by atoms with van der Waals surface area (Å²) in [4.78, 5) is 35.3. The number of para-hydroxylation sites is 1. The minimum atomic E-state index is -0.931. The molecule has 0 fully saturated rings. The van der Waals surface area contributed by atoms with E-state index in [0.29, 0.717) is 12.4 Å². The van der Waals surface area contributed by atoms with Crippen molar-refractivity contribution >= 4 is 23.6 Å². The molecule has 0 atom stereocenters. The molecule has 2 N–H and O–H groups in total. The predicted octanol–water partition coefficient (Wildman–Crippen LogP) is 3.51. The average Bonchev–Trinajstić information content (AvgIpc) is 2.68. The molecule has 0 spiro atoms. The third kappa shape index (κ3) is 6.71. The standard InChI is InChI=1S/C20H21FN2O5/c1-2-3-12-27-15-10-8-14(9-11-15)19(25)28-13-18(24)23-20(26)22-17-7-5-4-6-16(17)21/h4-11H,2-3,12-13H2,1H3,(H2,22,23,24,26). The molecule has 0 saturated carbocycles. The Bertz CT molecular complexity index is 824. The average molecular weight is 388 g/mol. The van der Waals surface area contributed by atoms with E-state index in [-0.39, 0.29) is 11.3 Å². The fourth-order valence-corrected chi connectivity index (χ4v) is 2.11. The van der Waals surface area contributed by atoms with Gasteiger partial charge in [0, 0.05) is 0 Å². The van der Waals surface area contributed by atoms with Crippen LogP contribution in [0.25, 0.3) is 0 Å². The van der Waals surface area contributed by atoms with E-state index in [9.17, 15) is 18.8 Å². The minimum Gasteiger partial charge on any atom is -0.494 e. The van der Waals surface area contributed by atoms with E-state index in [1.165, 1.54) is 36.4 Å². The van der Waals surface area contributed by atoms with Gasteiger partial charge < -0.3 is 14.8 Å². The molecule has 7 nitrogen and oxygen atoms in total. The number of carbonyl (C=O) groups excluding carboxylic acids is 3. The van der Waals surface area contributed by atoms with Crippen LogP contribution in [-0.4, -0.2) is 31.1 Å². The number of imide groups is 1. The second-order valence-electron chi connectivity index (χ2n) is 5.78. The molecule has 3 amide bonds. The molecule has 0 aliphatic rings. The molecule has 0 aliphatic heterocycles. The van der Waals surface area contributed by atoms with Crippen LogP contribution >= 0.6 is 0 Å². The Morgan fingerprint density at radius 3 is 2.43 bits per heavy atom. The van der Waals surface area contributed by atoms with Crippen LogP contribution in [0.5, 0.6) is 5.75 Å². The van der Waals surface area contributed by atoms with Gasteiger partial charge in [0.25, 0.3) is 5.91 Å². The number of amides is 3. The van der Waals surface area contributed by atoms with E-state index in [1.54, 1.807) is 12.1 Å². The summed E-state index contributed by atoms with van der Waals surface area (Å²) in [5.41, 5.74) is 0.164. The first kappa shape index (κ1) is 20.9. The molecule has 0 radical (unpaired) electrons. The topological polar surface area (TPSA) is 93.7 Å². The molecule has 0 unspecified atom stereocenters. The van der Waals surface area contributed by atoms with Crippen LogP contribution in [-0.2, 0) is 9.53 Å². The van der Waals surface area contributed by atoms with Crippen LogP contribution in [0.1, 0.15) is 30.1 Å². The molecule has 8 heteroatoms. The second-order valence-corrected chi connectivity index (χ2v) is 5.78. The van der Waals surface area contributed by atoms with Crippen molar-refractivity contribution in [2.24, 2.45) is 0 Å². The highest BCUT2D eigenvalue weighted by Crippen LogP contribution is 2.14. The quantitative estimate of drug-likeness (QED) is 0.533. The summed E-state index contributed by atoms with van der Waals surface area (Å²) < 4.78 is 23.8. The van der Waals surface area contributed by atoms with E-state index in [2.05, 4.69) is 12.2 Å². The van der Waals surface area contributed by atoms with Gasteiger partial charge in [0.15, 0.2) is 6.61 Å². The molecule has 0 bridgehead atoms. The number of benzene rings is 2. The summed E-state index contributed by atoms with van der Waals surface area (Å²) in [6.45, 7) is 2.00. The maximum absolute atomic E-state index is 13.4. The minimum absolute atomic E-state index is 0.0777. The number of anilines is 1. The predicted molar refractivity (Wildman–Crippen MR) is 101 cm³/mol. The van der Waals surface area contributed by atoms with Crippen LogP contribution in [0.2, 0.25) is 0 Å². The number of nitrogens with one attached hydrogen (secondary N) is 2. The van der Waals surface area contributed by atoms with Gasteiger partial charge in [-0.1, -0.05) is 25.5 Å². The Morgan fingerprint density at radius 2 is 1.75 bits per heavy atom.